The van der Waals surface area contributed by atoms with Gasteiger partial charge in [-0.15, -0.1) is 11.6 Å². The van der Waals surface area contributed by atoms with Gasteiger partial charge >= 0.3 is 5.97 Å². The first-order valence-electron chi connectivity index (χ1n) is 9.64. The maximum absolute atomic E-state index is 11.8. The fraction of sp³-hybridized carbons (Fsp3) is 0.476. The van der Waals surface area contributed by atoms with Crippen LogP contribution in [-0.4, -0.2) is 54.8 Å². The van der Waals surface area contributed by atoms with Crippen LogP contribution in [0.4, 0.5) is 5.69 Å². The number of hydrogen-bond acceptors (Lipinski definition) is 5. The molecule has 2 rings (SSSR count). The fourth-order valence-corrected chi connectivity index (χ4v) is 3.23. The van der Waals surface area contributed by atoms with Crippen LogP contribution in [0.15, 0.2) is 36.4 Å². The molecule has 0 N–H and O–H groups in total. The predicted octanol–water partition coefficient (Wildman–Crippen LogP) is 2.93. The van der Waals surface area contributed by atoms with E-state index in [1.807, 2.05) is 0 Å². The van der Waals surface area contributed by atoms with Crippen LogP contribution in [0.2, 0.25) is 0 Å². The number of carbonyl (C=O) groups excluding carboxylic acids is 3. The van der Waals surface area contributed by atoms with E-state index in [4.69, 9.17) is 16.3 Å². The maximum atomic E-state index is 11.8. The van der Waals surface area contributed by atoms with E-state index in [2.05, 4.69) is 36.1 Å². The molecule has 1 heterocycles. The number of carbonyl (C=O) groups is 3. The average Bonchev–Trinajstić information content (AvgIpc) is 3.00. The first-order valence-corrected chi connectivity index (χ1v) is 10.2. The average molecular weight is 407 g/mol. The van der Waals surface area contributed by atoms with Crippen molar-refractivity contribution in [1.29, 1.82) is 0 Å². The number of rotatable bonds is 12. The van der Waals surface area contributed by atoms with Crippen LogP contribution in [0.5, 0.6) is 0 Å². The molecule has 0 aromatic heterocycles. The van der Waals surface area contributed by atoms with Crippen molar-refractivity contribution in [2.24, 2.45) is 0 Å². The molecule has 7 heteroatoms. The Hall–Kier alpha value is -2.34. The molecule has 0 saturated heterocycles. The highest BCUT2D eigenvalue weighted by atomic mass is 35.5. The molecule has 1 aromatic carbocycles. The first-order chi connectivity index (χ1) is 13.5. The van der Waals surface area contributed by atoms with Gasteiger partial charge in [0.05, 0.1) is 6.54 Å². The molecule has 6 nitrogen and oxygen atoms in total. The smallest absolute Gasteiger partial charge is 0.305 e. The standard InChI is InChI=1S/C21H27ClN2O4/c1-2-13-23(14-12-22)18-8-6-17(7-9-18)4-3-5-21(27)28-16-15-24-19(25)10-11-20(24)26/h6-11H,2-5,12-16H2,1H3. The molecule has 0 atom stereocenters. The highest BCUT2D eigenvalue weighted by Crippen LogP contribution is 2.17. The van der Waals surface area contributed by atoms with Gasteiger partial charge in [0, 0.05) is 43.2 Å². The summed E-state index contributed by atoms with van der Waals surface area (Å²) in [5.74, 6) is -0.457. The summed E-state index contributed by atoms with van der Waals surface area (Å²) in [5, 5.41) is 0. The molecule has 1 aliphatic heterocycles. The molecule has 0 bridgehead atoms. The zero-order chi connectivity index (χ0) is 20.4. The van der Waals surface area contributed by atoms with E-state index in [1.165, 1.54) is 17.7 Å². The summed E-state index contributed by atoms with van der Waals surface area (Å²) in [7, 11) is 0. The van der Waals surface area contributed by atoms with Crippen LogP contribution in [0, 0.1) is 0 Å². The van der Waals surface area contributed by atoms with Gasteiger partial charge in [0.1, 0.15) is 6.61 Å². The Bertz CT molecular complexity index is 679. The lowest BCUT2D eigenvalue weighted by Crippen LogP contribution is -2.33. The fourth-order valence-electron chi connectivity index (χ4n) is 3.03. The number of halogens is 1. The van der Waals surface area contributed by atoms with Crippen molar-refractivity contribution in [2.45, 2.75) is 32.6 Å². The third kappa shape index (κ3) is 6.68. The number of alkyl halides is 1. The molecule has 0 saturated carbocycles. The van der Waals surface area contributed by atoms with Gasteiger partial charge < -0.3 is 9.64 Å². The van der Waals surface area contributed by atoms with Gasteiger partial charge in [-0.05, 0) is 37.0 Å². The van der Waals surface area contributed by atoms with Gasteiger partial charge in [0.25, 0.3) is 11.8 Å². The number of imide groups is 1. The van der Waals surface area contributed by atoms with Gasteiger partial charge in [-0.2, -0.15) is 0 Å². The number of benzene rings is 1. The van der Waals surface area contributed by atoms with Crippen LogP contribution >= 0.6 is 11.6 Å². The zero-order valence-electron chi connectivity index (χ0n) is 16.2. The Morgan fingerprint density at radius 2 is 1.79 bits per heavy atom. The predicted molar refractivity (Wildman–Crippen MR) is 109 cm³/mol. The van der Waals surface area contributed by atoms with E-state index in [9.17, 15) is 14.4 Å². The van der Waals surface area contributed by atoms with Crippen molar-refractivity contribution in [1.82, 2.24) is 4.90 Å². The van der Waals surface area contributed by atoms with E-state index >= 15 is 0 Å². The Morgan fingerprint density at radius 3 is 2.39 bits per heavy atom. The number of nitrogens with zero attached hydrogens (tertiary/aromatic N) is 2. The first kappa shape index (κ1) is 22.0. The molecule has 0 aliphatic carbocycles. The molecule has 0 spiro atoms. The lowest BCUT2D eigenvalue weighted by atomic mass is 10.1. The van der Waals surface area contributed by atoms with E-state index in [0.29, 0.717) is 18.7 Å². The molecule has 2 amide bonds. The summed E-state index contributed by atoms with van der Waals surface area (Å²) in [6.07, 6.45) is 5.26. The molecular weight excluding hydrogens is 380 g/mol. The van der Waals surface area contributed by atoms with Crippen molar-refractivity contribution in [2.75, 3.05) is 37.0 Å². The maximum Gasteiger partial charge on any atom is 0.305 e. The number of anilines is 1. The van der Waals surface area contributed by atoms with Crippen LogP contribution in [0.1, 0.15) is 31.7 Å². The Balaban J connectivity index is 1.67. The van der Waals surface area contributed by atoms with Crippen molar-refractivity contribution in [3.8, 4) is 0 Å². The van der Waals surface area contributed by atoms with Gasteiger partial charge in [-0.1, -0.05) is 19.1 Å². The zero-order valence-corrected chi connectivity index (χ0v) is 17.0. The molecule has 152 valence electrons. The lowest BCUT2D eigenvalue weighted by Gasteiger charge is -2.23. The molecule has 28 heavy (non-hydrogen) atoms. The van der Waals surface area contributed by atoms with E-state index < -0.39 is 0 Å². The molecule has 0 radical (unpaired) electrons. The number of esters is 1. The largest absolute Gasteiger partial charge is 0.464 e. The van der Waals surface area contributed by atoms with Crippen molar-refractivity contribution >= 4 is 35.1 Å². The van der Waals surface area contributed by atoms with Crippen LogP contribution in [0.3, 0.4) is 0 Å². The minimum absolute atomic E-state index is 0.0283. The van der Waals surface area contributed by atoms with Gasteiger partial charge in [0.15, 0.2) is 0 Å². The minimum atomic E-state index is -0.368. The van der Waals surface area contributed by atoms with Gasteiger partial charge in [-0.3, -0.25) is 19.3 Å². The molecule has 0 unspecified atom stereocenters. The van der Waals surface area contributed by atoms with Gasteiger partial charge in [-0.25, -0.2) is 0 Å². The van der Waals surface area contributed by atoms with E-state index in [-0.39, 0.29) is 30.9 Å². The normalized spacial score (nSPS) is 13.3. The highest BCUT2D eigenvalue weighted by molar-refractivity contribution is 6.18. The summed E-state index contributed by atoms with van der Waals surface area (Å²) >= 11 is 5.87. The number of amides is 2. The topological polar surface area (TPSA) is 66.9 Å². The summed E-state index contributed by atoms with van der Waals surface area (Å²) in [6.45, 7) is 4.06. The van der Waals surface area contributed by atoms with Crippen molar-refractivity contribution in [3.63, 3.8) is 0 Å². The van der Waals surface area contributed by atoms with Gasteiger partial charge in [0.2, 0.25) is 0 Å². The van der Waals surface area contributed by atoms with Crippen molar-refractivity contribution < 1.29 is 19.1 Å². The SMILES string of the molecule is CCCN(CCCl)c1ccc(CCCC(=O)OCCN2C(=O)C=CC2=O)cc1. The second kappa shape index (κ2) is 11.5. The Kier molecular flexibility index (Phi) is 9.01. The van der Waals surface area contributed by atoms with Crippen LogP contribution in [0.25, 0.3) is 0 Å². The third-order valence-corrected chi connectivity index (χ3v) is 4.64. The monoisotopic (exact) mass is 406 g/mol. The minimum Gasteiger partial charge on any atom is -0.464 e. The summed E-state index contributed by atoms with van der Waals surface area (Å²) in [5.41, 5.74) is 2.32. The summed E-state index contributed by atoms with van der Waals surface area (Å²) in [4.78, 5) is 37.9. The number of ether oxygens (including phenoxy) is 1. The second-order valence-corrected chi connectivity index (χ2v) is 6.96. The van der Waals surface area contributed by atoms with E-state index in [1.54, 1.807) is 0 Å². The van der Waals surface area contributed by atoms with Crippen molar-refractivity contribution in [3.05, 3.63) is 42.0 Å². The van der Waals surface area contributed by atoms with Crippen LogP contribution < -0.4 is 4.90 Å². The molecule has 0 fully saturated rings. The summed E-state index contributed by atoms with van der Waals surface area (Å²) < 4.78 is 5.11. The summed E-state index contributed by atoms with van der Waals surface area (Å²) in [6, 6.07) is 8.34. The number of aryl methyl sites for hydroxylation is 1. The Morgan fingerprint density at radius 1 is 1.11 bits per heavy atom. The van der Waals surface area contributed by atoms with E-state index in [0.717, 1.165) is 36.5 Å². The van der Waals surface area contributed by atoms with Crippen LogP contribution in [-0.2, 0) is 25.5 Å². The quantitative estimate of drug-likeness (QED) is 0.303. The lowest BCUT2D eigenvalue weighted by molar-refractivity contribution is -0.147. The highest BCUT2D eigenvalue weighted by Gasteiger charge is 2.23. The Labute approximate surface area is 171 Å². The molecule has 1 aliphatic rings. The number of hydrogen-bond donors (Lipinski definition) is 0. The molecular formula is C21H27ClN2O4. The third-order valence-electron chi connectivity index (χ3n) is 4.47. The second-order valence-electron chi connectivity index (χ2n) is 6.58. The molecule has 1 aromatic rings.